The quantitative estimate of drug-likeness (QED) is 0.867. The first-order valence-electron chi connectivity index (χ1n) is 8.71. The van der Waals surface area contributed by atoms with Crippen LogP contribution in [0.3, 0.4) is 0 Å². The number of benzene rings is 1. The number of aromatic nitrogens is 2. The van der Waals surface area contributed by atoms with E-state index in [1.807, 2.05) is 24.2 Å². The summed E-state index contributed by atoms with van der Waals surface area (Å²) in [6.45, 7) is 0.764. The zero-order valence-electron chi connectivity index (χ0n) is 14.3. The van der Waals surface area contributed by atoms with Gasteiger partial charge in [-0.2, -0.15) is 5.10 Å². The van der Waals surface area contributed by atoms with Crippen molar-refractivity contribution >= 4 is 11.7 Å². The molecule has 1 aliphatic carbocycles. The van der Waals surface area contributed by atoms with Crippen LogP contribution in [0.1, 0.15) is 30.7 Å². The molecule has 1 unspecified atom stereocenters. The molecule has 0 bridgehead atoms. The predicted molar refractivity (Wildman–Crippen MR) is 93.9 cm³/mol. The average Bonchev–Trinajstić information content (AvgIpc) is 3.12. The maximum atomic E-state index is 12.8. The van der Waals surface area contributed by atoms with Crippen molar-refractivity contribution in [2.45, 2.75) is 37.3 Å². The van der Waals surface area contributed by atoms with Gasteiger partial charge in [0.15, 0.2) is 5.82 Å². The van der Waals surface area contributed by atoms with Crippen molar-refractivity contribution in [3.05, 3.63) is 48.2 Å². The molecular weight excluding hydrogens is 300 g/mol. The average molecular weight is 324 g/mol. The summed E-state index contributed by atoms with van der Waals surface area (Å²) >= 11 is 0. The summed E-state index contributed by atoms with van der Waals surface area (Å²) in [5, 5.41) is 4.37. The van der Waals surface area contributed by atoms with Gasteiger partial charge in [-0.25, -0.2) is 0 Å². The highest BCUT2D eigenvalue weighted by Crippen LogP contribution is 2.40. The Balaban J connectivity index is 1.38. The molecule has 126 valence electrons. The monoisotopic (exact) mass is 324 g/mol. The lowest BCUT2D eigenvalue weighted by Crippen LogP contribution is -2.49. The Hall–Kier alpha value is -2.14. The van der Waals surface area contributed by atoms with Crippen LogP contribution in [0.15, 0.2) is 42.6 Å². The summed E-state index contributed by atoms with van der Waals surface area (Å²) in [6, 6.07) is 13.1. The Kier molecular flexibility index (Phi) is 3.88. The van der Waals surface area contributed by atoms with E-state index in [0.717, 1.165) is 31.6 Å². The van der Waals surface area contributed by atoms with Crippen LogP contribution in [0.25, 0.3) is 0 Å². The molecule has 2 fully saturated rings. The fourth-order valence-electron chi connectivity index (χ4n) is 3.99. The first-order chi connectivity index (χ1) is 11.6. The zero-order valence-corrected chi connectivity index (χ0v) is 14.3. The number of rotatable bonds is 4. The number of likely N-dealkylation sites (N-methyl/N-ethyl adjacent to an activating group) is 1. The molecule has 1 amide bonds. The molecule has 1 aliphatic heterocycles. The van der Waals surface area contributed by atoms with E-state index in [2.05, 4.69) is 47.4 Å². The molecule has 24 heavy (non-hydrogen) atoms. The highest BCUT2D eigenvalue weighted by Gasteiger charge is 2.42. The zero-order chi connectivity index (χ0) is 16.7. The molecule has 0 spiro atoms. The maximum Gasteiger partial charge on any atom is 0.245 e. The Labute approximate surface area is 142 Å². The van der Waals surface area contributed by atoms with Gasteiger partial charge in [-0.3, -0.25) is 19.3 Å². The van der Waals surface area contributed by atoms with E-state index in [4.69, 9.17) is 0 Å². The second-order valence-corrected chi connectivity index (χ2v) is 7.04. The summed E-state index contributed by atoms with van der Waals surface area (Å²) in [7, 11) is 3.99. The third-order valence-electron chi connectivity index (χ3n) is 5.61. The molecule has 1 atom stereocenters. The maximum absolute atomic E-state index is 12.8. The van der Waals surface area contributed by atoms with Crippen molar-refractivity contribution < 1.29 is 4.79 Å². The normalized spacial score (nSPS) is 26.9. The van der Waals surface area contributed by atoms with Crippen LogP contribution in [0.2, 0.25) is 0 Å². The van der Waals surface area contributed by atoms with Crippen molar-refractivity contribution in [1.82, 2.24) is 14.7 Å². The van der Waals surface area contributed by atoms with Crippen LogP contribution >= 0.6 is 0 Å². The van der Waals surface area contributed by atoms with Gasteiger partial charge < -0.3 is 0 Å². The third-order valence-corrected chi connectivity index (χ3v) is 5.61. The van der Waals surface area contributed by atoms with Gasteiger partial charge in [-0.15, -0.1) is 0 Å². The van der Waals surface area contributed by atoms with Crippen molar-refractivity contribution in [2.75, 3.05) is 18.5 Å². The van der Waals surface area contributed by atoms with Crippen molar-refractivity contribution in [3.63, 3.8) is 0 Å². The lowest BCUT2D eigenvalue weighted by molar-refractivity contribution is -0.122. The smallest absolute Gasteiger partial charge is 0.245 e. The van der Waals surface area contributed by atoms with E-state index in [0.29, 0.717) is 12.0 Å². The predicted octanol–water partition coefficient (Wildman–Crippen LogP) is 2.40. The molecule has 0 N–H and O–H groups in total. The number of carbonyl (C=O) groups excluding carboxylic acids is 1. The molecular formula is C19H24N4O. The van der Waals surface area contributed by atoms with Gasteiger partial charge in [0.25, 0.3) is 0 Å². The van der Waals surface area contributed by atoms with Gasteiger partial charge >= 0.3 is 0 Å². The number of aryl methyl sites for hydroxylation is 1. The van der Waals surface area contributed by atoms with Crippen LogP contribution in [-0.2, 0) is 11.8 Å². The fraction of sp³-hybridized carbons (Fsp3) is 0.474. The van der Waals surface area contributed by atoms with Crippen molar-refractivity contribution in [3.8, 4) is 0 Å². The minimum atomic E-state index is -0.00581. The fourth-order valence-corrected chi connectivity index (χ4v) is 3.99. The first-order valence-corrected chi connectivity index (χ1v) is 8.71. The van der Waals surface area contributed by atoms with E-state index in [-0.39, 0.29) is 11.9 Å². The minimum absolute atomic E-state index is 0.00581. The molecule has 2 aliphatic rings. The molecule has 5 nitrogen and oxygen atoms in total. The third kappa shape index (κ3) is 2.63. The highest BCUT2D eigenvalue weighted by atomic mass is 16.2. The van der Waals surface area contributed by atoms with Crippen LogP contribution in [0.5, 0.6) is 0 Å². The standard InChI is InChI=1S/C19H24N4O/c1-21-10-9-18(20-21)23-11-8-17(19(23)24)22(2)16-12-15(13-16)14-6-4-3-5-7-14/h3-7,9-10,15-17H,8,11-13H2,1-2H3. The molecule has 1 aromatic heterocycles. The van der Waals surface area contributed by atoms with Crippen LogP contribution in [0.4, 0.5) is 5.82 Å². The molecule has 2 heterocycles. The molecule has 4 rings (SSSR count). The van der Waals surface area contributed by atoms with Crippen molar-refractivity contribution in [2.24, 2.45) is 7.05 Å². The Bertz CT molecular complexity index is 720. The van der Waals surface area contributed by atoms with Crippen LogP contribution in [0, 0.1) is 0 Å². The van der Waals surface area contributed by atoms with E-state index in [1.54, 1.807) is 4.68 Å². The number of amides is 1. The summed E-state index contributed by atoms with van der Waals surface area (Å²) in [6.07, 6.45) is 5.07. The van der Waals surface area contributed by atoms with Gasteiger partial charge in [0.1, 0.15) is 0 Å². The van der Waals surface area contributed by atoms with Gasteiger partial charge in [-0.05, 0) is 37.8 Å². The van der Waals surface area contributed by atoms with Gasteiger partial charge in [-0.1, -0.05) is 30.3 Å². The summed E-state index contributed by atoms with van der Waals surface area (Å²) in [4.78, 5) is 16.9. The SMILES string of the molecule is CN(C1CC(c2ccccc2)C1)C1CCN(c2ccn(C)n2)C1=O. The molecule has 2 aromatic rings. The Morgan fingerprint density at radius 2 is 1.92 bits per heavy atom. The van der Waals surface area contributed by atoms with Crippen LogP contribution < -0.4 is 4.90 Å². The second-order valence-electron chi connectivity index (χ2n) is 7.04. The molecule has 1 saturated carbocycles. The van der Waals surface area contributed by atoms with E-state index >= 15 is 0 Å². The topological polar surface area (TPSA) is 41.4 Å². The van der Waals surface area contributed by atoms with Crippen LogP contribution in [-0.4, -0.2) is 46.3 Å². The van der Waals surface area contributed by atoms with E-state index in [1.165, 1.54) is 5.56 Å². The number of nitrogens with zero attached hydrogens (tertiary/aromatic N) is 4. The molecule has 1 aromatic carbocycles. The summed E-state index contributed by atoms with van der Waals surface area (Å²) in [5.41, 5.74) is 1.43. The van der Waals surface area contributed by atoms with E-state index < -0.39 is 0 Å². The molecule has 1 saturated heterocycles. The van der Waals surface area contributed by atoms with Gasteiger partial charge in [0.2, 0.25) is 5.91 Å². The molecule has 0 radical (unpaired) electrons. The van der Waals surface area contributed by atoms with Gasteiger partial charge in [0.05, 0.1) is 6.04 Å². The first kappa shape index (κ1) is 15.4. The number of anilines is 1. The minimum Gasteiger partial charge on any atom is -0.294 e. The Morgan fingerprint density at radius 3 is 2.58 bits per heavy atom. The number of carbonyl (C=O) groups is 1. The second kappa shape index (κ2) is 6.06. The lowest BCUT2D eigenvalue weighted by atomic mass is 9.75. The highest BCUT2D eigenvalue weighted by molar-refractivity contribution is 5.98. The number of hydrogen-bond acceptors (Lipinski definition) is 3. The molecule has 5 heteroatoms. The Morgan fingerprint density at radius 1 is 1.17 bits per heavy atom. The summed E-state index contributed by atoms with van der Waals surface area (Å²) in [5.74, 6) is 1.61. The van der Waals surface area contributed by atoms with Crippen molar-refractivity contribution in [1.29, 1.82) is 0 Å². The van der Waals surface area contributed by atoms with Gasteiger partial charge in [0, 0.05) is 31.9 Å². The summed E-state index contributed by atoms with van der Waals surface area (Å²) < 4.78 is 1.75. The largest absolute Gasteiger partial charge is 0.294 e. The van der Waals surface area contributed by atoms with E-state index in [9.17, 15) is 4.79 Å². The lowest BCUT2D eigenvalue weighted by Gasteiger charge is -2.43. The number of hydrogen-bond donors (Lipinski definition) is 0.